The number of rotatable bonds is 2. The Morgan fingerprint density at radius 1 is 1.00 bits per heavy atom. The summed E-state index contributed by atoms with van der Waals surface area (Å²) in [4.78, 5) is 3.53. The van der Waals surface area contributed by atoms with Crippen molar-refractivity contribution in [3.63, 3.8) is 0 Å². The maximum absolute atomic E-state index is 13.5. The Hall–Kier alpha value is -1.81. The van der Waals surface area contributed by atoms with Crippen LogP contribution in [0.2, 0.25) is 0 Å². The Morgan fingerprint density at radius 2 is 1.75 bits per heavy atom. The lowest BCUT2D eigenvalue weighted by Crippen LogP contribution is -1.96. The predicted molar refractivity (Wildman–Crippen MR) is 55.5 cm³/mol. The molecule has 0 spiro atoms. The van der Waals surface area contributed by atoms with Crippen molar-refractivity contribution in [3.8, 4) is 11.1 Å². The van der Waals surface area contributed by atoms with Crippen LogP contribution >= 0.6 is 0 Å². The minimum absolute atomic E-state index is 0.0929. The first kappa shape index (κ1) is 10.7. The van der Waals surface area contributed by atoms with Gasteiger partial charge in [0.05, 0.1) is 12.3 Å². The molecular formula is C12H9F2NO. The number of pyridine rings is 1. The molecule has 82 valence electrons. The van der Waals surface area contributed by atoms with Gasteiger partial charge in [-0.05, 0) is 18.2 Å². The first-order valence-corrected chi connectivity index (χ1v) is 4.73. The monoisotopic (exact) mass is 221 g/mol. The van der Waals surface area contributed by atoms with Crippen LogP contribution in [-0.4, -0.2) is 10.1 Å². The summed E-state index contributed by atoms with van der Waals surface area (Å²) in [5.74, 6) is -1.28. The van der Waals surface area contributed by atoms with Gasteiger partial charge in [-0.15, -0.1) is 0 Å². The number of hydrogen-bond acceptors (Lipinski definition) is 2. The number of aromatic nitrogens is 1. The lowest BCUT2D eigenvalue weighted by atomic mass is 10.1. The molecule has 1 aromatic carbocycles. The highest BCUT2D eigenvalue weighted by Gasteiger charge is 2.10. The summed E-state index contributed by atoms with van der Waals surface area (Å²) in [7, 11) is 0. The second-order valence-electron chi connectivity index (χ2n) is 3.28. The topological polar surface area (TPSA) is 33.1 Å². The summed E-state index contributed by atoms with van der Waals surface area (Å²) < 4.78 is 26.9. The van der Waals surface area contributed by atoms with Gasteiger partial charge in [0.25, 0.3) is 0 Å². The van der Waals surface area contributed by atoms with Gasteiger partial charge in [0.2, 0.25) is 5.95 Å². The van der Waals surface area contributed by atoms with E-state index in [1.54, 1.807) is 6.07 Å². The summed E-state index contributed by atoms with van der Waals surface area (Å²) in [6.07, 6.45) is 0. The smallest absolute Gasteiger partial charge is 0.221 e. The minimum Gasteiger partial charge on any atom is -0.390 e. The minimum atomic E-state index is -0.781. The average Bonchev–Trinajstić information content (AvgIpc) is 2.30. The maximum Gasteiger partial charge on any atom is 0.221 e. The first-order chi connectivity index (χ1) is 7.72. The van der Waals surface area contributed by atoms with Crippen LogP contribution in [0.3, 0.4) is 0 Å². The third-order valence-corrected chi connectivity index (χ3v) is 2.23. The molecule has 2 aromatic rings. The standard InChI is InChI=1S/C12H9F2NO/c13-11-4-2-1-3-9(11)10-6-5-8(7-16)15-12(10)14/h1-6,16H,7H2. The fourth-order valence-electron chi connectivity index (χ4n) is 1.44. The molecule has 0 bridgehead atoms. The summed E-state index contributed by atoms with van der Waals surface area (Å²) >= 11 is 0. The van der Waals surface area contributed by atoms with Gasteiger partial charge in [-0.2, -0.15) is 4.39 Å². The molecule has 1 heterocycles. The van der Waals surface area contributed by atoms with E-state index in [0.29, 0.717) is 0 Å². The second kappa shape index (κ2) is 4.37. The quantitative estimate of drug-likeness (QED) is 0.790. The van der Waals surface area contributed by atoms with Crippen molar-refractivity contribution in [2.24, 2.45) is 0 Å². The Kier molecular flexibility index (Phi) is 2.92. The number of nitrogens with zero attached hydrogens (tertiary/aromatic N) is 1. The van der Waals surface area contributed by atoms with Crippen LogP contribution in [0.1, 0.15) is 5.69 Å². The van der Waals surface area contributed by atoms with Crippen LogP contribution in [0.4, 0.5) is 8.78 Å². The Labute approximate surface area is 91.2 Å². The van der Waals surface area contributed by atoms with Gasteiger partial charge >= 0.3 is 0 Å². The number of hydrogen-bond donors (Lipinski definition) is 1. The fraction of sp³-hybridized carbons (Fsp3) is 0.0833. The van der Waals surface area contributed by atoms with Gasteiger partial charge in [-0.3, -0.25) is 0 Å². The Balaban J connectivity index is 2.53. The fourth-order valence-corrected chi connectivity index (χ4v) is 1.44. The van der Waals surface area contributed by atoms with E-state index in [2.05, 4.69) is 4.98 Å². The molecule has 16 heavy (non-hydrogen) atoms. The molecule has 1 N–H and O–H groups in total. The normalized spacial score (nSPS) is 10.4. The first-order valence-electron chi connectivity index (χ1n) is 4.73. The summed E-state index contributed by atoms with van der Waals surface area (Å²) in [6, 6.07) is 8.77. The van der Waals surface area contributed by atoms with Gasteiger partial charge < -0.3 is 5.11 Å². The zero-order valence-electron chi connectivity index (χ0n) is 8.32. The Morgan fingerprint density at radius 3 is 2.38 bits per heavy atom. The molecule has 0 aliphatic carbocycles. The zero-order chi connectivity index (χ0) is 11.5. The van der Waals surface area contributed by atoms with Gasteiger partial charge in [-0.25, -0.2) is 9.37 Å². The zero-order valence-corrected chi connectivity index (χ0v) is 8.32. The molecule has 2 rings (SSSR count). The van der Waals surface area contributed by atoms with Crippen LogP contribution < -0.4 is 0 Å². The molecule has 1 aromatic heterocycles. The largest absolute Gasteiger partial charge is 0.390 e. The van der Waals surface area contributed by atoms with E-state index in [4.69, 9.17) is 5.11 Å². The van der Waals surface area contributed by atoms with Crippen LogP contribution in [0.15, 0.2) is 36.4 Å². The molecular weight excluding hydrogens is 212 g/mol. The van der Waals surface area contributed by atoms with E-state index in [0.717, 1.165) is 0 Å². The molecule has 0 aliphatic rings. The van der Waals surface area contributed by atoms with E-state index >= 15 is 0 Å². The SMILES string of the molecule is OCc1ccc(-c2ccccc2F)c(F)n1. The number of halogens is 2. The Bertz CT molecular complexity index is 514. The van der Waals surface area contributed by atoms with Crippen LogP contribution in [-0.2, 0) is 6.61 Å². The van der Waals surface area contributed by atoms with E-state index in [1.165, 1.54) is 30.3 Å². The summed E-state index contributed by atoms with van der Waals surface area (Å²) in [5.41, 5.74) is 0.477. The van der Waals surface area contributed by atoms with E-state index in [-0.39, 0.29) is 23.4 Å². The third-order valence-electron chi connectivity index (χ3n) is 2.23. The molecule has 0 radical (unpaired) electrons. The molecule has 0 fully saturated rings. The van der Waals surface area contributed by atoms with Crippen molar-refractivity contribution in [2.45, 2.75) is 6.61 Å². The second-order valence-corrected chi connectivity index (χ2v) is 3.28. The molecule has 0 amide bonds. The molecule has 2 nitrogen and oxygen atoms in total. The van der Waals surface area contributed by atoms with Gasteiger partial charge in [0.1, 0.15) is 5.82 Å². The molecule has 0 atom stereocenters. The molecule has 4 heteroatoms. The number of benzene rings is 1. The maximum atomic E-state index is 13.5. The molecule has 0 unspecified atom stereocenters. The van der Waals surface area contributed by atoms with Gasteiger partial charge in [0.15, 0.2) is 0 Å². The van der Waals surface area contributed by atoms with Crippen molar-refractivity contribution in [1.82, 2.24) is 4.98 Å². The molecule has 0 aliphatic heterocycles. The van der Waals surface area contributed by atoms with Gasteiger partial charge in [0, 0.05) is 11.1 Å². The predicted octanol–water partition coefficient (Wildman–Crippen LogP) is 2.52. The van der Waals surface area contributed by atoms with Crippen molar-refractivity contribution < 1.29 is 13.9 Å². The highest BCUT2D eigenvalue weighted by atomic mass is 19.1. The van der Waals surface area contributed by atoms with Crippen molar-refractivity contribution in [1.29, 1.82) is 0 Å². The highest BCUT2D eigenvalue weighted by Crippen LogP contribution is 2.24. The lowest BCUT2D eigenvalue weighted by Gasteiger charge is -2.05. The average molecular weight is 221 g/mol. The van der Waals surface area contributed by atoms with Crippen molar-refractivity contribution >= 4 is 0 Å². The number of aliphatic hydroxyl groups is 1. The molecule has 0 saturated carbocycles. The number of aliphatic hydroxyl groups excluding tert-OH is 1. The van der Waals surface area contributed by atoms with Gasteiger partial charge in [-0.1, -0.05) is 18.2 Å². The lowest BCUT2D eigenvalue weighted by molar-refractivity contribution is 0.275. The molecule has 0 saturated heterocycles. The van der Waals surface area contributed by atoms with E-state index in [1.807, 2.05) is 0 Å². The van der Waals surface area contributed by atoms with E-state index in [9.17, 15) is 8.78 Å². The highest BCUT2D eigenvalue weighted by molar-refractivity contribution is 5.63. The van der Waals surface area contributed by atoms with Crippen LogP contribution in [0.25, 0.3) is 11.1 Å². The third kappa shape index (κ3) is 1.92. The van der Waals surface area contributed by atoms with Crippen molar-refractivity contribution in [3.05, 3.63) is 53.9 Å². The van der Waals surface area contributed by atoms with Crippen LogP contribution in [0.5, 0.6) is 0 Å². The summed E-state index contributed by atoms with van der Waals surface area (Å²) in [6.45, 7) is -0.339. The van der Waals surface area contributed by atoms with Crippen LogP contribution in [0, 0.1) is 11.8 Å². The van der Waals surface area contributed by atoms with E-state index < -0.39 is 11.8 Å². The van der Waals surface area contributed by atoms with Crippen molar-refractivity contribution in [2.75, 3.05) is 0 Å². The summed E-state index contributed by atoms with van der Waals surface area (Å²) in [5, 5.41) is 8.77.